The van der Waals surface area contributed by atoms with E-state index in [9.17, 15) is 4.79 Å². The molecule has 6 heteroatoms. The molecular formula is C12H14N4O2. The molecule has 0 saturated carbocycles. The number of aromatic carboxylic acids is 1. The molecule has 2 aromatic heterocycles. The van der Waals surface area contributed by atoms with Gasteiger partial charge in [0.15, 0.2) is 0 Å². The maximum absolute atomic E-state index is 11.1. The zero-order valence-corrected chi connectivity index (χ0v) is 10.00. The highest BCUT2D eigenvalue weighted by molar-refractivity contribution is 5.94. The molecule has 6 nitrogen and oxygen atoms in total. The minimum absolute atomic E-state index is 0.225. The Morgan fingerprint density at radius 2 is 2.33 bits per heavy atom. The molecule has 0 radical (unpaired) electrons. The largest absolute Gasteiger partial charge is 0.478 e. The molecule has 0 amide bonds. The van der Waals surface area contributed by atoms with Crippen molar-refractivity contribution < 1.29 is 9.90 Å². The number of imidazole rings is 1. The van der Waals surface area contributed by atoms with Gasteiger partial charge in [0.1, 0.15) is 11.4 Å². The van der Waals surface area contributed by atoms with Gasteiger partial charge in [-0.25, -0.2) is 14.8 Å². The molecule has 0 fully saturated rings. The Hall–Kier alpha value is -2.37. The van der Waals surface area contributed by atoms with Crippen LogP contribution in [0.15, 0.2) is 31.0 Å². The first kappa shape index (κ1) is 12.1. The van der Waals surface area contributed by atoms with Crippen molar-refractivity contribution in [2.24, 2.45) is 0 Å². The molecule has 2 aromatic rings. The van der Waals surface area contributed by atoms with Gasteiger partial charge in [0.2, 0.25) is 0 Å². The zero-order valence-electron chi connectivity index (χ0n) is 10.00. The van der Waals surface area contributed by atoms with Crippen LogP contribution in [0.1, 0.15) is 15.9 Å². The van der Waals surface area contributed by atoms with Crippen molar-refractivity contribution in [3.8, 4) is 0 Å². The second kappa shape index (κ2) is 5.31. The minimum atomic E-state index is -0.967. The number of carboxylic acids is 1. The van der Waals surface area contributed by atoms with E-state index in [0.717, 1.165) is 0 Å². The quantitative estimate of drug-likeness (QED) is 0.833. The van der Waals surface area contributed by atoms with Crippen LogP contribution < -0.4 is 5.32 Å². The number of carboxylic acid groups (broad SMARTS) is 1. The molecule has 2 rings (SSSR count). The number of nitrogens with zero attached hydrogens (tertiary/aromatic N) is 3. The maximum Gasteiger partial charge on any atom is 0.339 e. The lowest BCUT2D eigenvalue weighted by Crippen LogP contribution is -2.14. The van der Waals surface area contributed by atoms with Crippen LogP contribution in [0.25, 0.3) is 0 Å². The Morgan fingerprint density at radius 3 is 3.00 bits per heavy atom. The number of rotatable bonds is 5. The summed E-state index contributed by atoms with van der Waals surface area (Å²) in [5, 5.41) is 12.2. The van der Waals surface area contributed by atoms with Crippen molar-refractivity contribution in [1.82, 2.24) is 14.5 Å². The van der Waals surface area contributed by atoms with Crippen LogP contribution in [0.2, 0.25) is 0 Å². The summed E-state index contributed by atoms with van der Waals surface area (Å²) in [5.74, 6) is -0.562. The molecule has 18 heavy (non-hydrogen) atoms. The number of aromatic nitrogens is 3. The molecule has 0 aliphatic carbocycles. The highest BCUT2D eigenvalue weighted by atomic mass is 16.4. The number of anilines is 1. The highest BCUT2D eigenvalue weighted by Crippen LogP contribution is 2.16. The molecule has 0 spiro atoms. The molecule has 0 unspecified atom stereocenters. The summed E-state index contributed by atoms with van der Waals surface area (Å²) in [6.45, 7) is 3.05. The van der Waals surface area contributed by atoms with Crippen LogP contribution in [0.5, 0.6) is 0 Å². The third-order valence-electron chi connectivity index (χ3n) is 2.59. The fourth-order valence-electron chi connectivity index (χ4n) is 1.68. The van der Waals surface area contributed by atoms with E-state index in [2.05, 4.69) is 15.3 Å². The predicted molar refractivity (Wildman–Crippen MR) is 66.7 cm³/mol. The van der Waals surface area contributed by atoms with Gasteiger partial charge in [0, 0.05) is 31.7 Å². The van der Waals surface area contributed by atoms with E-state index < -0.39 is 5.97 Å². The molecule has 0 saturated heterocycles. The van der Waals surface area contributed by atoms with Crippen molar-refractivity contribution in [2.45, 2.75) is 13.5 Å². The van der Waals surface area contributed by atoms with E-state index in [1.807, 2.05) is 10.8 Å². The van der Waals surface area contributed by atoms with E-state index in [-0.39, 0.29) is 5.56 Å². The van der Waals surface area contributed by atoms with Crippen LogP contribution in [0.3, 0.4) is 0 Å². The highest BCUT2D eigenvalue weighted by Gasteiger charge is 2.13. The molecule has 2 heterocycles. The number of nitrogens with one attached hydrogen (secondary N) is 1. The Kier molecular flexibility index (Phi) is 3.57. The SMILES string of the molecule is Cc1ccnc(NCCn2ccnc2)c1C(=O)O. The smallest absolute Gasteiger partial charge is 0.339 e. The Bertz CT molecular complexity index is 537. The van der Waals surface area contributed by atoms with Crippen molar-refractivity contribution in [1.29, 1.82) is 0 Å². The van der Waals surface area contributed by atoms with Crippen molar-refractivity contribution in [2.75, 3.05) is 11.9 Å². The van der Waals surface area contributed by atoms with Crippen molar-refractivity contribution in [3.63, 3.8) is 0 Å². The fraction of sp³-hybridized carbons (Fsp3) is 0.250. The van der Waals surface area contributed by atoms with Crippen LogP contribution in [0, 0.1) is 6.92 Å². The standard InChI is InChI=1S/C12H14N4O2/c1-9-2-3-14-11(10(9)12(17)18)15-5-7-16-6-4-13-8-16/h2-4,6,8H,5,7H2,1H3,(H,14,15)(H,17,18). The second-order valence-electron chi connectivity index (χ2n) is 3.88. The van der Waals surface area contributed by atoms with Gasteiger partial charge in [-0.3, -0.25) is 0 Å². The van der Waals surface area contributed by atoms with Crippen molar-refractivity contribution >= 4 is 11.8 Å². The average molecular weight is 246 g/mol. The van der Waals surface area contributed by atoms with Crippen LogP contribution in [-0.2, 0) is 6.54 Å². The fourth-order valence-corrected chi connectivity index (χ4v) is 1.68. The van der Waals surface area contributed by atoms with E-state index in [0.29, 0.717) is 24.5 Å². The summed E-state index contributed by atoms with van der Waals surface area (Å²) < 4.78 is 1.91. The molecule has 0 atom stereocenters. The number of hydrogen-bond acceptors (Lipinski definition) is 4. The van der Waals surface area contributed by atoms with Crippen LogP contribution >= 0.6 is 0 Å². The molecule has 0 bridgehead atoms. The molecule has 2 N–H and O–H groups in total. The Morgan fingerprint density at radius 1 is 1.50 bits per heavy atom. The maximum atomic E-state index is 11.1. The first-order valence-corrected chi connectivity index (χ1v) is 5.57. The van der Waals surface area contributed by atoms with Gasteiger partial charge in [-0.15, -0.1) is 0 Å². The monoisotopic (exact) mass is 246 g/mol. The van der Waals surface area contributed by atoms with E-state index in [1.54, 1.807) is 31.7 Å². The van der Waals surface area contributed by atoms with Crippen LogP contribution in [0.4, 0.5) is 5.82 Å². The molecule has 0 aromatic carbocycles. The molecule has 94 valence electrons. The van der Waals surface area contributed by atoms with Gasteiger partial charge in [0.05, 0.1) is 6.33 Å². The summed E-state index contributed by atoms with van der Waals surface area (Å²) in [7, 11) is 0. The van der Waals surface area contributed by atoms with Gasteiger partial charge in [-0.2, -0.15) is 0 Å². The lowest BCUT2D eigenvalue weighted by Gasteiger charge is -2.10. The van der Waals surface area contributed by atoms with Crippen LogP contribution in [-0.4, -0.2) is 32.2 Å². The van der Waals surface area contributed by atoms with Gasteiger partial charge in [-0.05, 0) is 18.6 Å². The second-order valence-corrected chi connectivity index (χ2v) is 3.88. The van der Waals surface area contributed by atoms with E-state index in [4.69, 9.17) is 5.11 Å². The summed E-state index contributed by atoms with van der Waals surface area (Å²) in [6, 6.07) is 1.69. The Labute approximate surface area is 104 Å². The Balaban J connectivity index is 2.05. The first-order valence-electron chi connectivity index (χ1n) is 5.57. The zero-order chi connectivity index (χ0) is 13.0. The molecule has 0 aliphatic rings. The summed E-state index contributed by atoms with van der Waals surface area (Å²) >= 11 is 0. The molecular weight excluding hydrogens is 232 g/mol. The van der Waals surface area contributed by atoms with Gasteiger partial charge < -0.3 is 15.0 Å². The number of pyridine rings is 1. The number of aryl methyl sites for hydroxylation is 1. The van der Waals surface area contributed by atoms with Gasteiger partial charge in [-0.1, -0.05) is 0 Å². The lowest BCUT2D eigenvalue weighted by molar-refractivity contribution is 0.0697. The average Bonchev–Trinajstić information content (AvgIpc) is 2.81. The predicted octanol–water partition coefficient (Wildman–Crippen LogP) is 1.40. The minimum Gasteiger partial charge on any atom is -0.478 e. The normalized spacial score (nSPS) is 10.3. The van der Waals surface area contributed by atoms with Gasteiger partial charge >= 0.3 is 5.97 Å². The summed E-state index contributed by atoms with van der Waals surface area (Å²) in [4.78, 5) is 19.1. The summed E-state index contributed by atoms with van der Waals surface area (Å²) in [5.41, 5.74) is 0.922. The third-order valence-corrected chi connectivity index (χ3v) is 2.59. The van der Waals surface area contributed by atoms with Crippen molar-refractivity contribution in [3.05, 3.63) is 42.1 Å². The van der Waals surface area contributed by atoms with E-state index in [1.165, 1.54) is 0 Å². The topological polar surface area (TPSA) is 80.0 Å². The van der Waals surface area contributed by atoms with Gasteiger partial charge in [0.25, 0.3) is 0 Å². The van der Waals surface area contributed by atoms with E-state index >= 15 is 0 Å². The third kappa shape index (κ3) is 2.65. The summed E-state index contributed by atoms with van der Waals surface area (Å²) in [6.07, 6.45) is 6.86. The first-order chi connectivity index (χ1) is 8.68. The lowest BCUT2D eigenvalue weighted by atomic mass is 10.1. The number of hydrogen-bond donors (Lipinski definition) is 2. The number of carbonyl (C=O) groups is 1. The molecule has 0 aliphatic heterocycles.